The lowest BCUT2D eigenvalue weighted by Gasteiger charge is -1.97. The second kappa shape index (κ2) is 7.03. The number of anilines is 1. The Morgan fingerprint density at radius 1 is 1.07 bits per heavy atom. The van der Waals surface area contributed by atoms with E-state index in [4.69, 9.17) is 16.0 Å². The number of halogens is 1. The number of rotatable bonds is 4. The highest BCUT2D eigenvalue weighted by atomic mass is 35.5. The van der Waals surface area contributed by atoms with Crippen molar-refractivity contribution in [3.05, 3.63) is 70.9 Å². The molecule has 0 bridgehead atoms. The molecular weight excluding hydrogens is 388 g/mol. The largest absolute Gasteiger partial charge is 0.455 e. The van der Waals surface area contributed by atoms with Crippen molar-refractivity contribution in [3.63, 3.8) is 0 Å². The van der Waals surface area contributed by atoms with Gasteiger partial charge in [0.1, 0.15) is 17.0 Å². The van der Waals surface area contributed by atoms with Crippen LogP contribution in [0.15, 0.2) is 64.1 Å². The fraction of sp³-hybridized carbons (Fsp3) is 0.0476. The summed E-state index contributed by atoms with van der Waals surface area (Å²) in [6.45, 7) is 2.04. The van der Waals surface area contributed by atoms with E-state index in [1.54, 1.807) is 6.21 Å². The molecule has 0 aliphatic heterocycles. The van der Waals surface area contributed by atoms with Crippen LogP contribution in [0.3, 0.4) is 0 Å². The molecule has 0 unspecified atom stereocenters. The van der Waals surface area contributed by atoms with Gasteiger partial charge in [-0.15, -0.1) is 10.2 Å². The monoisotopic (exact) mass is 402 g/mol. The summed E-state index contributed by atoms with van der Waals surface area (Å²) < 4.78 is 5.78. The topological polar surface area (TPSA) is 92.0 Å². The minimum absolute atomic E-state index is 0.294. The summed E-state index contributed by atoms with van der Waals surface area (Å²) >= 11 is 5.92. The lowest BCUT2D eigenvalue weighted by molar-refractivity contribution is 0.575. The fourth-order valence-corrected chi connectivity index (χ4v) is 3.26. The van der Waals surface area contributed by atoms with Crippen LogP contribution in [0, 0.1) is 6.92 Å². The summed E-state index contributed by atoms with van der Waals surface area (Å²) in [5.74, 6) is 1.62. The van der Waals surface area contributed by atoms with E-state index in [-0.39, 0.29) is 0 Å². The third-order valence-electron chi connectivity index (χ3n) is 4.57. The smallest absolute Gasteiger partial charge is 0.265 e. The van der Waals surface area contributed by atoms with Crippen molar-refractivity contribution >= 4 is 45.8 Å². The Morgan fingerprint density at radius 2 is 1.93 bits per heavy atom. The molecule has 142 valence electrons. The Bertz CT molecular complexity index is 1350. The van der Waals surface area contributed by atoms with E-state index in [2.05, 4.69) is 30.7 Å². The first-order valence-corrected chi connectivity index (χ1v) is 9.32. The molecule has 0 aliphatic carbocycles. The molecular formula is C21H15ClN6O. The van der Waals surface area contributed by atoms with Crippen LogP contribution in [0.4, 0.5) is 5.95 Å². The number of fused-ring (bicyclic) bond motifs is 3. The van der Waals surface area contributed by atoms with Gasteiger partial charge < -0.3 is 9.40 Å². The van der Waals surface area contributed by atoms with Gasteiger partial charge in [-0.2, -0.15) is 10.1 Å². The Kier molecular flexibility index (Phi) is 4.22. The fourth-order valence-electron chi connectivity index (χ4n) is 3.14. The maximum atomic E-state index is 5.92. The van der Waals surface area contributed by atoms with E-state index in [9.17, 15) is 0 Å². The van der Waals surface area contributed by atoms with Gasteiger partial charge in [-0.05, 0) is 48.9 Å². The number of para-hydroxylation sites is 1. The average molecular weight is 403 g/mol. The molecule has 5 rings (SSSR count). The van der Waals surface area contributed by atoms with Crippen molar-refractivity contribution < 1.29 is 4.42 Å². The highest BCUT2D eigenvalue weighted by Gasteiger charge is 2.10. The second-order valence-corrected chi connectivity index (χ2v) is 6.97. The maximum Gasteiger partial charge on any atom is 0.265 e. The molecule has 0 saturated carbocycles. The van der Waals surface area contributed by atoms with Crippen LogP contribution in [0.1, 0.15) is 11.3 Å². The first-order valence-electron chi connectivity index (χ1n) is 8.94. The molecule has 3 aromatic heterocycles. The zero-order chi connectivity index (χ0) is 19.8. The van der Waals surface area contributed by atoms with Gasteiger partial charge in [0.2, 0.25) is 0 Å². The highest BCUT2D eigenvalue weighted by molar-refractivity contribution is 6.30. The predicted molar refractivity (Wildman–Crippen MR) is 114 cm³/mol. The minimum atomic E-state index is 0.294. The molecule has 8 heteroatoms. The van der Waals surface area contributed by atoms with E-state index >= 15 is 0 Å². The van der Waals surface area contributed by atoms with E-state index in [0.29, 0.717) is 22.4 Å². The van der Waals surface area contributed by atoms with Crippen molar-refractivity contribution in [1.29, 1.82) is 0 Å². The summed E-state index contributed by atoms with van der Waals surface area (Å²) in [4.78, 5) is 7.74. The number of benzene rings is 2. The number of aryl methyl sites for hydroxylation is 1. The number of H-pyrrole nitrogens is 1. The molecule has 5 aromatic rings. The molecule has 0 amide bonds. The van der Waals surface area contributed by atoms with Crippen molar-refractivity contribution in [2.24, 2.45) is 5.10 Å². The lowest BCUT2D eigenvalue weighted by atomic mass is 10.1. The highest BCUT2D eigenvalue weighted by Crippen LogP contribution is 2.25. The number of furan rings is 1. The molecule has 0 saturated heterocycles. The van der Waals surface area contributed by atoms with Gasteiger partial charge in [0.05, 0.1) is 11.7 Å². The molecule has 7 nitrogen and oxygen atoms in total. The maximum absolute atomic E-state index is 5.92. The van der Waals surface area contributed by atoms with Gasteiger partial charge in [-0.1, -0.05) is 29.8 Å². The number of hydrogen-bond donors (Lipinski definition) is 2. The second-order valence-electron chi connectivity index (χ2n) is 6.53. The average Bonchev–Trinajstić information content (AvgIpc) is 3.34. The number of aromatic amines is 1. The summed E-state index contributed by atoms with van der Waals surface area (Å²) in [7, 11) is 0. The van der Waals surface area contributed by atoms with Crippen LogP contribution in [0.5, 0.6) is 0 Å². The number of aromatic nitrogens is 4. The Labute approximate surface area is 170 Å². The van der Waals surface area contributed by atoms with Crippen molar-refractivity contribution in [2.75, 3.05) is 5.43 Å². The summed E-state index contributed by atoms with van der Waals surface area (Å²) in [5, 5.41) is 14.2. The SMILES string of the molecule is Cc1cccc2c1[nH]c1nc(NN=Cc3ccc(-c4ccc(Cl)cc4)o3)nnc12. The summed E-state index contributed by atoms with van der Waals surface area (Å²) in [6, 6.07) is 17.2. The van der Waals surface area contributed by atoms with E-state index in [1.807, 2.05) is 61.5 Å². The molecule has 0 atom stereocenters. The first kappa shape index (κ1) is 17.4. The molecule has 29 heavy (non-hydrogen) atoms. The molecule has 3 heterocycles. The van der Waals surface area contributed by atoms with Crippen molar-refractivity contribution in [1.82, 2.24) is 20.2 Å². The molecule has 0 spiro atoms. The van der Waals surface area contributed by atoms with Crippen LogP contribution >= 0.6 is 11.6 Å². The Morgan fingerprint density at radius 3 is 2.79 bits per heavy atom. The number of nitrogens with one attached hydrogen (secondary N) is 2. The van der Waals surface area contributed by atoms with Crippen LogP contribution < -0.4 is 5.43 Å². The zero-order valence-electron chi connectivity index (χ0n) is 15.3. The third kappa shape index (κ3) is 3.32. The van der Waals surface area contributed by atoms with Gasteiger partial charge >= 0.3 is 0 Å². The standard InChI is InChI=1S/C21H15ClN6O/c1-12-3-2-4-16-18(12)24-20-19(16)26-28-21(25-20)27-23-11-15-9-10-17(29-15)13-5-7-14(22)8-6-13/h2-11H,1H3,(H2,24,25,27,28). The van der Waals surface area contributed by atoms with E-state index in [0.717, 1.165) is 33.3 Å². The Hall–Kier alpha value is -3.71. The van der Waals surface area contributed by atoms with Crippen LogP contribution in [0.25, 0.3) is 33.4 Å². The molecule has 2 N–H and O–H groups in total. The van der Waals surface area contributed by atoms with Crippen molar-refractivity contribution in [2.45, 2.75) is 6.92 Å². The van der Waals surface area contributed by atoms with Gasteiger partial charge in [0.25, 0.3) is 5.95 Å². The predicted octanol–water partition coefficient (Wildman–Crippen LogP) is 5.17. The third-order valence-corrected chi connectivity index (χ3v) is 4.82. The number of hydrogen-bond acceptors (Lipinski definition) is 6. The van der Waals surface area contributed by atoms with Crippen molar-refractivity contribution in [3.8, 4) is 11.3 Å². The molecule has 0 aliphatic rings. The minimum Gasteiger partial charge on any atom is -0.455 e. The van der Waals surface area contributed by atoms with Crippen LogP contribution in [-0.4, -0.2) is 26.4 Å². The van der Waals surface area contributed by atoms with Gasteiger partial charge in [-0.3, -0.25) is 0 Å². The normalized spacial score (nSPS) is 11.7. The van der Waals surface area contributed by atoms with E-state index in [1.165, 1.54) is 0 Å². The van der Waals surface area contributed by atoms with Gasteiger partial charge in [-0.25, -0.2) is 5.43 Å². The summed E-state index contributed by atoms with van der Waals surface area (Å²) in [6.07, 6.45) is 1.56. The Balaban J connectivity index is 1.35. The molecule has 0 radical (unpaired) electrons. The first-order chi connectivity index (χ1) is 14.2. The molecule has 2 aromatic carbocycles. The molecule has 0 fully saturated rings. The van der Waals surface area contributed by atoms with Crippen LogP contribution in [0.2, 0.25) is 5.02 Å². The zero-order valence-corrected chi connectivity index (χ0v) is 16.1. The summed E-state index contributed by atoms with van der Waals surface area (Å²) in [5.41, 5.74) is 7.26. The lowest BCUT2D eigenvalue weighted by Crippen LogP contribution is -1.98. The van der Waals surface area contributed by atoms with Gasteiger partial charge in [0.15, 0.2) is 5.65 Å². The van der Waals surface area contributed by atoms with Gasteiger partial charge in [0, 0.05) is 16.0 Å². The van der Waals surface area contributed by atoms with E-state index < -0.39 is 0 Å². The number of hydrazone groups is 1. The number of nitrogens with zero attached hydrogens (tertiary/aromatic N) is 4. The quantitative estimate of drug-likeness (QED) is 0.319. The van der Waals surface area contributed by atoms with Crippen LogP contribution in [-0.2, 0) is 0 Å².